The van der Waals surface area contributed by atoms with Gasteiger partial charge in [-0.05, 0) is 12.1 Å². The van der Waals surface area contributed by atoms with Crippen LogP contribution in [0.15, 0.2) is 36.7 Å². The summed E-state index contributed by atoms with van der Waals surface area (Å²) in [5.41, 5.74) is 0.657. The minimum absolute atomic E-state index is 0.135. The van der Waals surface area contributed by atoms with Crippen molar-refractivity contribution in [2.75, 3.05) is 0 Å². The van der Waals surface area contributed by atoms with Crippen molar-refractivity contribution < 1.29 is 9.50 Å². The predicted octanol–water partition coefficient (Wildman–Crippen LogP) is 1.99. The van der Waals surface area contributed by atoms with Crippen molar-refractivity contribution in [1.82, 2.24) is 9.97 Å². The highest BCUT2D eigenvalue weighted by molar-refractivity contribution is 5.56. The molecule has 2 rings (SSSR count). The molecule has 14 heavy (non-hydrogen) atoms. The summed E-state index contributed by atoms with van der Waals surface area (Å²) in [6.07, 6.45) is 2.18. The van der Waals surface area contributed by atoms with Crippen LogP contribution in [0.5, 0.6) is 5.75 Å². The Hall–Kier alpha value is -1.97. The van der Waals surface area contributed by atoms with Crippen molar-refractivity contribution >= 4 is 0 Å². The van der Waals surface area contributed by atoms with Gasteiger partial charge >= 0.3 is 0 Å². The van der Waals surface area contributed by atoms with E-state index in [-0.39, 0.29) is 5.75 Å². The lowest BCUT2D eigenvalue weighted by Crippen LogP contribution is -1.88. The van der Waals surface area contributed by atoms with Crippen LogP contribution in [-0.2, 0) is 0 Å². The van der Waals surface area contributed by atoms with Gasteiger partial charge in [0.05, 0.1) is 12.4 Å². The Morgan fingerprint density at radius 2 is 1.86 bits per heavy atom. The Balaban J connectivity index is 2.44. The molecule has 0 atom stereocenters. The average molecular weight is 190 g/mol. The fourth-order valence-corrected chi connectivity index (χ4v) is 1.11. The van der Waals surface area contributed by atoms with E-state index < -0.39 is 5.82 Å². The van der Waals surface area contributed by atoms with Gasteiger partial charge in [0, 0.05) is 5.56 Å². The van der Waals surface area contributed by atoms with E-state index in [4.69, 9.17) is 0 Å². The summed E-state index contributed by atoms with van der Waals surface area (Å²) >= 11 is 0. The van der Waals surface area contributed by atoms with Gasteiger partial charge in [-0.3, -0.25) is 0 Å². The van der Waals surface area contributed by atoms with Crippen LogP contribution in [0.3, 0.4) is 0 Å². The average Bonchev–Trinajstić information content (AvgIpc) is 2.19. The molecular formula is C10H7FN2O. The molecule has 0 saturated carbocycles. The maximum Gasteiger partial charge on any atom is 0.159 e. The lowest BCUT2D eigenvalue weighted by Gasteiger charge is -1.99. The first-order chi connectivity index (χ1) is 6.75. The summed E-state index contributed by atoms with van der Waals surface area (Å²) < 4.78 is 12.5. The molecule has 0 spiro atoms. The summed E-state index contributed by atoms with van der Waals surface area (Å²) in [6.45, 7) is 0. The normalized spacial score (nSPS) is 10.1. The fourth-order valence-electron chi connectivity index (χ4n) is 1.11. The highest BCUT2D eigenvalue weighted by atomic mass is 19.1. The minimum Gasteiger partial charge on any atom is -0.508 e. The number of rotatable bonds is 1. The number of nitrogens with zero attached hydrogens (tertiary/aromatic N) is 2. The number of benzene rings is 1. The molecule has 4 heteroatoms. The molecule has 0 fully saturated rings. The van der Waals surface area contributed by atoms with E-state index in [1.165, 1.54) is 6.07 Å². The van der Waals surface area contributed by atoms with E-state index in [1.807, 2.05) is 0 Å². The van der Waals surface area contributed by atoms with E-state index in [2.05, 4.69) is 9.97 Å². The summed E-state index contributed by atoms with van der Waals surface area (Å²) in [5, 5.41) is 9.20. The molecule has 1 aromatic carbocycles. The number of phenols is 1. The zero-order chi connectivity index (χ0) is 9.97. The second-order valence-electron chi connectivity index (χ2n) is 2.78. The second-order valence-corrected chi connectivity index (χ2v) is 2.78. The maximum atomic E-state index is 12.5. The maximum absolute atomic E-state index is 12.5. The summed E-state index contributed by atoms with van der Waals surface area (Å²) in [6, 6.07) is 6.49. The number of aromatic nitrogens is 2. The predicted molar refractivity (Wildman–Crippen MR) is 49.1 cm³/mol. The first kappa shape index (κ1) is 8.62. The number of phenolic OH excluding ortho intramolecular Hbond substituents is 1. The summed E-state index contributed by atoms with van der Waals surface area (Å²) in [7, 11) is 0. The standard InChI is InChI=1S/C10H7FN2O/c11-8-5-12-10(13-6-8)7-2-1-3-9(14)4-7/h1-6,14H. The van der Waals surface area contributed by atoms with Gasteiger partial charge in [0.15, 0.2) is 11.6 Å². The van der Waals surface area contributed by atoms with Crippen LogP contribution in [0.4, 0.5) is 4.39 Å². The van der Waals surface area contributed by atoms with E-state index in [0.717, 1.165) is 12.4 Å². The molecule has 0 saturated heterocycles. The van der Waals surface area contributed by atoms with Gasteiger partial charge in [-0.15, -0.1) is 0 Å². The van der Waals surface area contributed by atoms with Gasteiger partial charge in [0.25, 0.3) is 0 Å². The van der Waals surface area contributed by atoms with Crippen molar-refractivity contribution in [2.24, 2.45) is 0 Å². The van der Waals surface area contributed by atoms with E-state index in [0.29, 0.717) is 11.4 Å². The van der Waals surface area contributed by atoms with Crippen molar-refractivity contribution in [1.29, 1.82) is 0 Å². The lowest BCUT2D eigenvalue weighted by atomic mass is 10.2. The smallest absolute Gasteiger partial charge is 0.159 e. The Labute approximate surface area is 79.9 Å². The van der Waals surface area contributed by atoms with Crippen molar-refractivity contribution in [3.63, 3.8) is 0 Å². The van der Waals surface area contributed by atoms with Gasteiger partial charge in [-0.1, -0.05) is 12.1 Å². The first-order valence-electron chi connectivity index (χ1n) is 4.02. The molecule has 0 bridgehead atoms. The van der Waals surface area contributed by atoms with Crippen LogP contribution in [0.1, 0.15) is 0 Å². The largest absolute Gasteiger partial charge is 0.508 e. The van der Waals surface area contributed by atoms with Crippen molar-refractivity contribution in [3.05, 3.63) is 42.5 Å². The quantitative estimate of drug-likeness (QED) is 0.747. The molecular weight excluding hydrogens is 183 g/mol. The highest BCUT2D eigenvalue weighted by Crippen LogP contribution is 2.19. The summed E-state index contributed by atoms with van der Waals surface area (Å²) in [5.74, 6) is 0.0478. The second kappa shape index (κ2) is 3.41. The van der Waals surface area contributed by atoms with Crippen LogP contribution in [0.25, 0.3) is 11.4 Å². The van der Waals surface area contributed by atoms with Gasteiger partial charge in [0.1, 0.15) is 5.75 Å². The third kappa shape index (κ3) is 1.69. The molecule has 1 heterocycles. The molecule has 1 N–H and O–H groups in total. The number of aromatic hydroxyl groups is 1. The zero-order valence-electron chi connectivity index (χ0n) is 7.18. The van der Waals surface area contributed by atoms with Crippen LogP contribution in [0.2, 0.25) is 0 Å². The van der Waals surface area contributed by atoms with Crippen LogP contribution < -0.4 is 0 Å². The Kier molecular flexibility index (Phi) is 2.10. The molecule has 0 amide bonds. The highest BCUT2D eigenvalue weighted by Gasteiger charge is 2.01. The Morgan fingerprint density at radius 3 is 2.50 bits per heavy atom. The van der Waals surface area contributed by atoms with E-state index in [9.17, 15) is 9.50 Å². The third-order valence-corrected chi connectivity index (χ3v) is 1.72. The number of hydrogen-bond acceptors (Lipinski definition) is 3. The molecule has 2 aromatic rings. The van der Waals surface area contributed by atoms with Gasteiger partial charge in [0.2, 0.25) is 0 Å². The van der Waals surface area contributed by atoms with Crippen LogP contribution >= 0.6 is 0 Å². The topological polar surface area (TPSA) is 46.0 Å². The third-order valence-electron chi connectivity index (χ3n) is 1.72. The van der Waals surface area contributed by atoms with E-state index in [1.54, 1.807) is 18.2 Å². The van der Waals surface area contributed by atoms with Crippen LogP contribution in [0, 0.1) is 5.82 Å². The molecule has 0 aliphatic heterocycles. The lowest BCUT2D eigenvalue weighted by molar-refractivity contribution is 0.475. The SMILES string of the molecule is Oc1cccc(-c2ncc(F)cn2)c1. The van der Waals surface area contributed by atoms with Crippen molar-refractivity contribution in [2.45, 2.75) is 0 Å². The van der Waals surface area contributed by atoms with Crippen LogP contribution in [-0.4, -0.2) is 15.1 Å². The molecule has 0 unspecified atom stereocenters. The Bertz CT molecular complexity index is 442. The van der Waals surface area contributed by atoms with Crippen molar-refractivity contribution in [3.8, 4) is 17.1 Å². The van der Waals surface area contributed by atoms with E-state index >= 15 is 0 Å². The molecule has 0 aliphatic carbocycles. The molecule has 0 aliphatic rings. The van der Waals surface area contributed by atoms with Gasteiger partial charge in [-0.25, -0.2) is 14.4 Å². The van der Waals surface area contributed by atoms with Gasteiger partial charge < -0.3 is 5.11 Å². The minimum atomic E-state index is -0.478. The Morgan fingerprint density at radius 1 is 1.14 bits per heavy atom. The molecule has 70 valence electrons. The first-order valence-corrected chi connectivity index (χ1v) is 4.02. The zero-order valence-corrected chi connectivity index (χ0v) is 7.18. The monoisotopic (exact) mass is 190 g/mol. The van der Waals surface area contributed by atoms with Gasteiger partial charge in [-0.2, -0.15) is 0 Å². The molecule has 3 nitrogen and oxygen atoms in total. The number of hydrogen-bond donors (Lipinski definition) is 1. The molecule has 0 radical (unpaired) electrons. The fraction of sp³-hybridized carbons (Fsp3) is 0. The summed E-state index contributed by atoms with van der Waals surface area (Å²) in [4.78, 5) is 7.58. The number of halogens is 1. The molecule has 1 aromatic heterocycles.